The number of benzene rings is 1. The molecule has 0 saturated carbocycles. The first-order valence-corrected chi connectivity index (χ1v) is 6.29. The lowest BCUT2D eigenvalue weighted by atomic mass is 10.1. The summed E-state index contributed by atoms with van der Waals surface area (Å²) in [5.74, 6) is 0. The molecule has 0 bridgehead atoms. The van der Waals surface area contributed by atoms with Gasteiger partial charge < -0.3 is 15.5 Å². The number of anilines is 2. The predicted octanol–water partition coefficient (Wildman–Crippen LogP) is 2.36. The first-order chi connectivity index (χ1) is 8.02. The number of nitrogen functional groups attached to an aromatic ring is 1. The second kappa shape index (κ2) is 6.50. The minimum Gasteiger partial charge on any atom is -0.399 e. The molecule has 0 unspecified atom stereocenters. The second-order valence-electron chi connectivity index (χ2n) is 4.84. The number of aryl methyl sites for hydroxylation is 1. The monoisotopic (exact) mass is 235 g/mol. The fourth-order valence-corrected chi connectivity index (χ4v) is 2.02. The van der Waals surface area contributed by atoms with E-state index in [-0.39, 0.29) is 0 Å². The number of hydrogen-bond acceptors (Lipinski definition) is 3. The predicted molar refractivity (Wildman–Crippen MR) is 76.6 cm³/mol. The van der Waals surface area contributed by atoms with Gasteiger partial charge in [0.25, 0.3) is 0 Å². The van der Waals surface area contributed by atoms with E-state index in [2.05, 4.69) is 49.9 Å². The van der Waals surface area contributed by atoms with Gasteiger partial charge in [0, 0.05) is 24.5 Å². The second-order valence-corrected chi connectivity index (χ2v) is 4.84. The van der Waals surface area contributed by atoms with Crippen molar-refractivity contribution in [2.75, 3.05) is 44.4 Å². The molecule has 0 saturated heterocycles. The Morgan fingerprint density at radius 3 is 2.35 bits per heavy atom. The average molecular weight is 235 g/mol. The van der Waals surface area contributed by atoms with Crippen LogP contribution in [0.1, 0.15) is 18.9 Å². The highest BCUT2D eigenvalue weighted by Crippen LogP contribution is 2.20. The summed E-state index contributed by atoms with van der Waals surface area (Å²) in [6, 6.07) is 6.28. The van der Waals surface area contributed by atoms with Crippen molar-refractivity contribution in [1.82, 2.24) is 4.90 Å². The van der Waals surface area contributed by atoms with E-state index in [4.69, 9.17) is 5.73 Å². The van der Waals surface area contributed by atoms with Crippen LogP contribution in [0.15, 0.2) is 18.2 Å². The lowest BCUT2D eigenvalue weighted by molar-refractivity contribution is 0.400. The van der Waals surface area contributed by atoms with Crippen molar-refractivity contribution in [2.45, 2.75) is 20.3 Å². The highest BCUT2D eigenvalue weighted by atomic mass is 15.1. The van der Waals surface area contributed by atoms with Gasteiger partial charge >= 0.3 is 0 Å². The Balaban J connectivity index is 2.65. The number of rotatable bonds is 6. The van der Waals surface area contributed by atoms with E-state index in [1.807, 2.05) is 6.07 Å². The van der Waals surface area contributed by atoms with Gasteiger partial charge in [0.05, 0.1) is 0 Å². The molecule has 0 amide bonds. The van der Waals surface area contributed by atoms with Crippen LogP contribution < -0.4 is 10.6 Å². The number of nitrogens with two attached hydrogens (primary N) is 1. The third-order valence-electron chi connectivity index (χ3n) is 2.86. The summed E-state index contributed by atoms with van der Waals surface area (Å²) >= 11 is 0. The Bertz CT molecular complexity index is 327. The van der Waals surface area contributed by atoms with E-state index in [0.717, 1.165) is 25.3 Å². The Morgan fingerprint density at radius 2 is 1.82 bits per heavy atom. The lowest BCUT2D eigenvalue weighted by Crippen LogP contribution is -2.27. The lowest BCUT2D eigenvalue weighted by Gasteiger charge is -2.24. The van der Waals surface area contributed by atoms with Crippen molar-refractivity contribution in [1.29, 1.82) is 0 Å². The normalized spacial score (nSPS) is 10.9. The molecule has 0 fully saturated rings. The van der Waals surface area contributed by atoms with Crippen LogP contribution in [-0.4, -0.2) is 38.6 Å². The zero-order chi connectivity index (χ0) is 12.8. The van der Waals surface area contributed by atoms with Crippen molar-refractivity contribution in [3.8, 4) is 0 Å². The quantitative estimate of drug-likeness (QED) is 0.768. The minimum atomic E-state index is 0.853. The van der Waals surface area contributed by atoms with Gasteiger partial charge in [0.1, 0.15) is 0 Å². The summed E-state index contributed by atoms with van der Waals surface area (Å²) in [6.07, 6.45) is 1.18. The summed E-state index contributed by atoms with van der Waals surface area (Å²) in [4.78, 5) is 4.60. The highest BCUT2D eigenvalue weighted by Gasteiger charge is 2.05. The van der Waals surface area contributed by atoms with Crippen LogP contribution in [0.5, 0.6) is 0 Å². The largest absolute Gasteiger partial charge is 0.399 e. The maximum Gasteiger partial charge on any atom is 0.0389 e. The fourth-order valence-electron chi connectivity index (χ4n) is 2.02. The summed E-state index contributed by atoms with van der Waals surface area (Å²) in [5.41, 5.74) is 9.21. The topological polar surface area (TPSA) is 32.5 Å². The van der Waals surface area contributed by atoms with Crippen LogP contribution in [0.3, 0.4) is 0 Å². The molecule has 0 aliphatic rings. The van der Waals surface area contributed by atoms with Crippen molar-refractivity contribution >= 4 is 11.4 Å². The molecular weight excluding hydrogens is 210 g/mol. The standard InChI is InChI=1S/C14H25N3/c1-5-17(8-6-7-16(3)4)14-10-12(2)9-13(15)11-14/h9-11H,5-8,15H2,1-4H3. The summed E-state index contributed by atoms with van der Waals surface area (Å²) in [5, 5.41) is 0. The van der Waals surface area contributed by atoms with Crippen LogP contribution in [0, 0.1) is 6.92 Å². The maximum absolute atomic E-state index is 5.89. The molecule has 0 radical (unpaired) electrons. The van der Waals surface area contributed by atoms with Gasteiger partial charge in [0.2, 0.25) is 0 Å². The summed E-state index contributed by atoms with van der Waals surface area (Å²) in [6.45, 7) is 7.51. The van der Waals surface area contributed by atoms with E-state index in [1.54, 1.807) is 0 Å². The minimum absolute atomic E-state index is 0.853. The molecule has 0 aliphatic carbocycles. The molecule has 3 heteroatoms. The molecular formula is C14H25N3. The molecule has 0 aromatic heterocycles. The third kappa shape index (κ3) is 4.65. The first-order valence-electron chi connectivity index (χ1n) is 6.29. The van der Waals surface area contributed by atoms with E-state index < -0.39 is 0 Å². The number of nitrogens with zero attached hydrogens (tertiary/aromatic N) is 2. The van der Waals surface area contributed by atoms with Crippen LogP contribution in [0.2, 0.25) is 0 Å². The van der Waals surface area contributed by atoms with E-state index >= 15 is 0 Å². The molecule has 3 nitrogen and oxygen atoms in total. The van der Waals surface area contributed by atoms with Crippen molar-refractivity contribution in [2.24, 2.45) is 0 Å². The molecule has 0 atom stereocenters. The van der Waals surface area contributed by atoms with Crippen molar-refractivity contribution in [3.63, 3.8) is 0 Å². The molecule has 1 aromatic carbocycles. The van der Waals surface area contributed by atoms with Crippen LogP contribution in [0.25, 0.3) is 0 Å². The van der Waals surface area contributed by atoms with Gasteiger partial charge in [-0.2, -0.15) is 0 Å². The van der Waals surface area contributed by atoms with E-state index in [1.165, 1.54) is 17.7 Å². The first kappa shape index (κ1) is 13.8. The zero-order valence-electron chi connectivity index (χ0n) is 11.5. The van der Waals surface area contributed by atoms with Gasteiger partial charge in [-0.3, -0.25) is 0 Å². The van der Waals surface area contributed by atoms with Gasteiger partial charge in [0.15, 0.2) is 0 Å². The average Bonchev–Trinajstić information content (AvgIpc) is 2.22. The van der Waals surface area contributed by atoms with E-state index in [9.17, 15) is 0 Å². The third-order valence-corrected chi connectivity index (χ3v) is 2.86. The van der Waals surface area contributed by atoms with Gasteiger partial charge in [-0.1, -0.05) is 0 Å². The summed E-state index contributed by atoms with van der Waals surface area (Å²) < 4.78 is 0. The molecule has 96 valence electrons. The Hall–Kier alpha value is -1.22. The van der Waals surface area contributed by atoms with Crippen molar-refractivity contribution < 1.29 is 0 Å². The fraction of sp³-hybridized carbons (Fsp3) is 0.571. The smallest absolute Gasteiger partial charge is 0.0389 e. The van der Waals surface area contributed by atoms with Gasteiger partial charge in [-0.15, -0.1) is 0 Å². The Labute approximate surface area is 105 Å². The zero-order valence-corrected chi connectivity index (χ0v) is 11.5. The molecule has 1 aromatic rings. The Kier molecular flexibility index (Phi) is 5.29. The van der Waals surface area contributed by atoms with Gasteiger partial charge in [-0.25, -0.2) is 0 Å². The molecule has 1 rings (SSSR count). The Morgan fingerprint density at radius 1 is 1.12 bits per heavy atom. The van der Waals surface area contributed by atoms with Gasteiger partial charge in [-0.05, 0) is 64.7 Å². The van der Waals surface area contributed by atoms with Crippen LogP contribution in [-0.2, 0) is 0 Å². The molecule has 0 aliphatic heterocycles. The SMILES string of the molecule is CCN(CCCN(C)C)c1cc(C)cc(N)c1. The number of hydrogen-bond donors (Lipinski definition) is 1. The summed E-state index contributed by atoms with van der Waals surface area (Å²) in [7, 11) is 4.22. The maximum atomic E-state index is 5.89. The molecule has 17 heavy (non-hydrogen) atoms. The molecule has 0 heterocycles. The molecule has 0 spiro atoms. The van der Waals surface area contributed by atoms with Crippen molar-refractivity contribution in [3.05, 3.63) is 23.8 Å². The highest BCUT2D eigenvalue weighted by molar-refractivity contribution is 5.58. The molecule has 2 N–H and O–H groups in total. The van der Waals surface area contributed by atoms with Crippen LogP contribution >= 0.6 is 0 Å². The van der Waals surface area contributed by atoms with E-state index in [0.29, 0.717) is 0 Å². The van der Waals surface area contributed by atoms with Crippen LogP contribution in [0.4, 0.5) is 11.4 Å².